The summed E-state index contributed by atoms with van der Waals surface area (Å²) in [5.74, 6) is -0.630. The fourth-order valence-electron chi connectivity index (χ4n) is 3.49. The van der Waals surface area contributed by atoms with E-state index in [-0.39, 0.29) is 24.7 Å². The summed E-state index contributed by atoms with van der Waals surface area (Å²) < 4.78 is 53.5. The molecule has 1 aliphatic rings. The van der Waals surface area contributed by atoms with Gasteiger partial charge in [-0.2, -0.15) is 0 Å². The minimum absolute atomic E-state index is 0.00240. The van der Waals surface area contributed by atoms with Crippen LogP contribution in [0.5, 0.6) is 0 Å². The Bertz CT molecular complexity index is 640. The highest BCUT2D eigenvalue weighted by molar-refractivity contribution is 5.80. The molecule has 0 spiro atoms. The summed E-state index contributed by atoms with van der Waals surface area (Å²) in [5.41, 5.74) is -0.00240. The molecule has 0 amide bonds. The Morgan fingerprint density at radius 1 is 1.21 bits per heavy atom. The van der Waals surface area contributed by atoms with Gasteiger partial charge in [0.15, 0.2) is 5.96 Å². The van der Waals surface area contributed by atoms with E-state index in [1.54, 1.807) is 23.9 Å². The average molecular weight is 417 g/mol. The number of likely N-dealkylation sites (N-methyl/N-ethyl adjacent to an activating group) is 1. The smallest absolute Gasteiger partial charge is 0.251 e. The summed E-state index contributed by atoms with van der Waals surface area (Å²) >= 11 is 0. The van der Waals surface area contributed by atoms with E-state index in [2.05, 4.69) is 15.6 Å². The lowest BCUT2D eigenvalue weighted by molar-refractivity contribution is 0.0744. The molecule has 1 atom stereocenters. The molecule has 1 heterocycles. The largest absolute Gasteiger partial charge is 0.357 e. The monoisotopic (exact) mass is 417 g/mol. The molecule has 1 fully saturated rings. The molecular weight excluding hydrogens is 386 g/mol. The van der Waals surface area contributed by atoms with Crippen molar-refractivity contribution in [3.63, 3.8) is 0 Å². The zero-order valence-corrected chi connectivity index (χ0v) is 17.3. The fraction of sp³-hybridized carbons (Fsp3) is 0.650. The number of piperidine rings is 1. The molecule has 5 nitrogen and oxygen atoms in total. The first-order valence-corrected chi connectivity index (χ1v) is 9.97. The highest BCUT2D eigenvalue weighted by Crippen LogP contribution is 2.24. The summed E-state index contributed by atoms with van der Waals surface area (Å²) in [6.45, 7) is 3.74. The number of alkyl halides is 2. The van der Waals surface area contributed by atoms with Crippen LogP contribution in [0.25, 0.3) is 0 Å². The van der Waals surface area contributed by atoms with Gasteiger partial charge in [-0.3, -0.25) is 9.89 Å². The van der Waals surface area contributed by atoms with Gasteiger partial charge in [-0.1, -0.05) is 6.07 Å². The second-order valence-electron chi connectivity index (χ2n) is 7.44. The van der Waals surface area contributed by atoms with E-state index in [0.717, 1.165) is 12.8 Å². The van der Waals surface area contributed by atoms with E-state index in [1.165, 1.54) is 18.2 Å². The van der Waals surface area contributed by atoms with Crippen LogP contribution in [0, 0.1) is 11.6 Å². The number of halogens is 4. The Morgan fingerprint density at radius 3 is 2.34 bits per heavy atom. The van der Waals surface area contributed by atoms with Crippen molar-refractivity contribution in [2.24, 2.45) is 4.99 Å². The summed E-state index contributed by atoms with van der Waals surface area (Å²) in [4.78, 5) is 8.03. The van der Waals surface area contributed by atoms with E-state index in [4.69, 9.17) is 0 Å². The first-order valence-electron chi connectivity index (χ1n) is 9.97. The predicted molar refractivity (Wildman–Crippen MR) is 107 cm³/mol. The van der Waals surface area contributed by atoms with Crippen molar-refractivity contribution >= 4 is 5.96 Å². The summed E-state index contributed by atoms with van der Waals surface area (Å²) in [6.07, 6.45) is -0.855. The Hall–Kier alpha value is -1.87. The number of nitrogens with zero attached hydrogens (tertiary/aromatic N) is 3. The van der Waals surface area contributed by atoms with Crippen LogP contribution in [-0.2, 0) is 0 Å². The van der Waals surface area contributed by atoms with Crippen molar-refractivity contribution in [1.29, 1.82) is 0 Å². The second-order valence-corrected chi connectivity index (χ2v) is 7.44. The molecule has 1 aliphatic heterocycles. The van der Waals surface area contributed by atoms with Gasteiger partial charge in [-0.05, 0) is 46.0 Å². The number of hydrogen-bond acceptors (Lipinski definition) is 3. The van der Waals surface area contributed by atoms with Gasteiger partial charge in [0.2, 0.25) is 0 Å². The summed E-state index contributed by atoms with van der Waals surface area (Å²) in [6, 6.07) is 3.39. The SMILES string of the molecule is CCNC(=NCC(c1c(F)cccc1F)N(C)C)NC1CCN(CC(F)F)CC1. The van der Waals surface area contributed by atoms with Gasteiger partial charge < -0.3 is 15.5 Å². The molecule has 0 bridgehead atoms. The highest BCUT2D eigenvalue weighted by atomic mass is 19.3. The summed E-state index contributed by atoms with van der Waals surface area (Å²) in [7, 11) is 3.51. The van der Waals surface area contributed by atoms with Crippen molar-refractivity contribution in [2.75, 3.05) is 46.8 Å². The Balaban J connectivity index is 2.03. The van der Waals surface area contributed by atoms with Crippen molar-refractivity contribution < 1.29 is 17.6 Å². The quantitative estimate of drug-likeness (QED) is 0.388. The number of hydrogen-bond donors (Lipinski definition) is 2. The Morgan fingerprint density at radius 2 is 1.83 bits per heavy atom. The third-order valence-corrected chi connectivity index (χ3v) is 5.05. The second kappa shape index (κ2) is 11.3. The Kier molecular flexibility index (Phi) is 9.16. The lowest BCUT2D eigenvalue weighted by Crippen LogP contribution is -2.49. The molecule has 1 aromatic carbocycles. The van der Waals surface area contributed by atoms with E-state index in [9.17, 15) is 17.6 Å². The first-order chi connectivity index (χ1) is 13.8. The molecule has 29 heavy (non-hydrogen) atoms. The van der Waals surface area contributed by atoms with Crippen LogP contribution >= 0.6 is 0 Å². The number of rotatable bonds is 8. The normalized spacial score (nSPS) is 17.8. The number of aliphatic imine (C=N–C) groups is 1. The van der Waals surface area contributed by atoms with Crippen LogP contribution < -0.4 is 10.6 Å². The number of benzene rings is 1. The van der Waals surface area contributed by atoms with Crippen molar-refractivity contribution in [1.82, 2.24) is 20.4 Å². The van der Waals surface area contributed by atoms with Crippen molar-refractivity contribution in [3.05, 3.63) is 35.4 Å². The molecular formula is C20H31F4N5. The third-order valence-electron chi connectivity index (χ3n) is 5.05. The minimum atomic E-state index is -2.32. The lowest BCUT2D eigenvalue weighted by Gasteiger charge is -2.33. The minimum Gasteiger partial charge on any atom is -0.357 e. The zero-order valence-electron chi connectivity index (χ0n) is 17.3. The zero-order chi connectivity index (χ0) is 21.4. The molecule has 1 unspecified atom stereocenters. The molecule has 1 saturated heterocycles. The van der Waals surface area contributed by atoms with Gasteiger partial charge in [-0.15, -0.1) is 0 Å². The van der Waals surface area contributed by atoms with Crippen molar-refractivity contribution in [2.45, 2.75) is 38.3 Å². The maximum absolute atomic E-state index is 14.2. The van der Waals surface area contributed by atoms with Crippen LogP contribution in [0.15, 0.2) is 23.2 Å². The van der Waals surface area contributed by atoms with Gasteiger partial charge in [0.25, 0.3) is 6.43 Å². The van der Waals surface area contributed by atoms with Gasteiger partial charge in [0, 0.05) is 31.2 Å². The molecule has 0 aliphatic carbocycles. The van der Waals surface area contributed by atoms with Crippen LogP contribution in [0.1, 0.15) is 31.4 Å². The van der Waals surface area contributed by atoms with Gasteiger partial charge in [-0.25, -0.2) is 17.6 Å². The van der Waals surface area contributed by atoms with E-state index < -0.39 is 24.1 Å². The van der Waals surface area contributed by atoms with Crippen molar-refractivity contribution in [3.8, 4) is 0 Å². The van der Waals surface area contributed by atoms with E-state index in [0.29, 0.717) is 25.6 Å². The lowest BCUT2D eigenvalue weighted by atomic mass is 10.0. The maximum atomic E-state index is 14.2. The Labute approximate surface area is 170 Å². The maximum Gasteiger partial charge on any atom is 0.251 e. The number of nitrogens with one attached hydrogen (secondary N) is 2. The van der Waals surface area contributed by atoms with E-state index >= 15 is 0 Å². The molecule has 164 valence electrons. The predicted octanol–water partition coefficient (Wildman–Crippen LogP) is 2.85. The molecule has 2 N–H and O–H groups in total. The number of guanidine groups is 1. The molecule has 0 saturated carbocycles. The fourth-order valence-corrected chi connectivity index (χ4v) is 3.49. The third kappa shape index (κ3) is 7.15. The number of likely N-dealkylation sites (tertiary alicyclic amines) is 1. The standard InChI is InChI=1S/C20H31F4N5/c1-4-25-20(27-14-8-10-29(11-9-14)13-18(23)24)26-12-17(28(2)3)19-15(21)6-5-7-16(19)22/h5-7,14,17-18H,4,8-13H2,1-3H3,(H2,25,26,27). The van der Waals surface area contributed by atoms with Gasteiger partial charge in [0.1, 0.15) is 11.6 Å². The average Bonchev–Trinajstić information content (AvgIpc) is 2.65. The van der Waals surface area contributed by atoms with Crippen LogP contribution in [0.3, 0.4) is 0 Å². The first kappa shape index (κ1) is 23.4. The summed E-state index contributed by atoms with van der Waals surface area (Å²) in [5, 5.41) is 6.47. The molecule has 0 aromatic heterocycles. The van der Waals surface area contributed by atoms with E-state index in [1.807, 2.05) is 6.92 Å². The van der Waals surface area contributed by atoms with Crippen LogP contribution in [-0.4, -0.2) is 75.0 Å². The topological polar surface area (TPSA) is 42.9 Å². The van der Waals surface area contributed by atoms with Crippen LogP contribution in [0.2, 0.25) is 0 Å². The molecule has 1 aromatic rings. The molecule has 0 radical (unpaired) electrons. The van der Waals surface area contributed by atoms with Gasteiger partial charge in [0.05, 0.1) is 19.1 Å². The van der Waals surface area contributed by atoms with Gasteiger partial charge >= 0.3 is 0 Å². The highest BCUT2D eigenvalue weighted by Gasteiger charge is 2.24. The molecule has 2 rings (SSSR count). The molecule has 9 heteroatoms. The van der Waals surface area contributed by atoms with Crippen LogP contribution in [0.4, 0.5) is 17.6 Å².